The average molecular weight is 405 g/mol. The van der Waals surface area contributed by atoms with Crippen molar-refractivity contribution < 1.29 is 12.8 Å². The van der Waals surface area contributed by atoms with E-state index < -0.39 is 10.0 Å². The lowest BCUT2D eigenvalue weighted by atomic mass is 10.1. The van der Waals surface area contributed by atoms with Gasteiger partial charge in [-0.3, -0.25) is 0 Å². The molecule has 2 aromatic carbocycles. The minimum Gasteiger partial charge on any atom is -0.241 e. The van der Waals surface area contributed by atoms with Gasteiger partial charge >= 0.3 is 0 Å². The zero-order chi connectivity index (χ0) is 19.6. The summed E-state index contributed by atoms with van der Waals surface area (Å²) in [7, 11) is -3.57. The molecule has 0 radical (unpaired) electrons. The van der Waals surface area contributed by atoms with Crippen LogP contribution in [-0.4, -0.2) is 19.9 Å². The summed E-state index contributed by atoms with van der Waals surface area (Å²) >= 11 is 1.46. The number of nitrogens with zero attached hydrogens (tertiary/aromatic N) is 1. The first kappa shape index (κ1) is 19.7. The van der Waals surface area contributed by atoms with Crippen LogP contribution >= 0.6 is 11.3 Å². The molecule has 0 aliphatic heterocycles. The van der Waals surface area contributed by atoms with Crippen molar-refractivity contribution in [3.8, 4) is 10.6 Å². The fraction of sp³-hybridized carbons (Fsp3) is 0.250. The summed E-state index contributed by atoms with van der Waals surface area (Å²) in [6, 6.07) is 9.91. The van der Waals surface area contributed by atoms with E-state index in [1.165, 1.54) is 23.5 Å². The minimum atomic E-state index is -3.57. The molecular weight excluding hydrogens is 383 g/mol. The van der Waals surface area contributed by atoms with Crippen LogP contribution in [-0.2, 0) is 16.4 Å². The van der Waals surface area contributed by atoms with E-state index in [1.54, 1.807) is 12.1 Å². The van der Waals surface area contributed by atoms with Crippen molar-refractivity contribution in [3.63, 3.8) is 0 Å². The number of rotatable bonds is 6. The highest BCUT2D eigenvalue weighted by Crippen LogP contribution is 2.24. The molecule has 1 N–H and O–H groups in total. The topological polar surface area (TPSA) is 59.1 Å². The van der Waals surface area contributed by atoms with E-state index in [0.29, 0.717) is 11.3 Å². The molecule has 4 nitrogen and oxygen atoms in total. The summed E-state index contributed by atoms with van der Waals surface area (Å²) in [6.07, 6.45) is 0.487. The van der Waals surface area contributed by atoms with Crippen LogP contribution in [0.4, 0.5) is 4.39 Å². The van der Waals surface area contributed by atoms with Gasteiger partial charge in [0.25, 0.3) is 0 Å². The molecule has 1 aromatic heterocycles. The first-order valence-corrected chi connectivity index (χ1v) is 10.9. The van der Waals surface area contributed by atoms with Crippen LogP contribution < -0.4 is 4.72 Å². The van der Waals surface area contributed by atoms with Crippen LogP contribution in [0.2, 0.25) is 0 Å². The number of aromatic nitrogens is 1. The fourth-order valence-electron chi connectivity index (χ4n) is 3.12. The van der Waals surface area contributed by atoms with E-state index in [0.717, 1.165) is 33.0 Å². The van der Waals surface area contributed by atoms with Crippen LogP contribution in [0, 0.1) is 26.6 Å². The second-order valence-corrected chi connectivity index (χ2v) is 9.09. The number of thiazole rings is 1. The van der Waals surface area contributed by atoms with E-state index in [1.807, 2.05) is 38.3 Å². The zero-order valence-electron chi connectivity index (χ0n) is 15.4. The smallest absolute Gasteiger partial charge is 0.241 e. The van der Waals surface area contributed by atoms with Crippen LogP contribution in [0.15, 0.2) is 46.7 Å². The Bertz CT molecular complexity index is 1030. The summed E-state index contributed by atoms with van der Waals surface area (Å²) in [5, 5.41) is 2.69. The number of benzene rings is 2. The molecule has 0 saturated carbocycles. The lowest BCUT2D eigenvalue weighted by Crippen LogP contribution is -2.27. The number of nitrogens with one attached hydrogen (secondary N) is 1. The molecule has 0 aliphatic carbocycles. The molecule has 3 rings (SSSR count). The molecule has 142 valence electrons. The van der Waals surface area contributed by atoms with Crippen molar-refractivity contribution in [1.29, 1.82) is 0 Å². The Balaban J connectivity index is 1.67. The summed E-state index contributed by atoms with van der Waals surface area (Å²) in [5.74, 6) is -0.286. The third-order valence-electron chi connectivity index (χ3n) is 4.19. The van der Waals surface area contributed by atoms with Gasteiger partial charge in [0.2, 0.25) is 10.0 Å². The zero-order valence-corrected chi connectivity index (χ0v) is 17.0. The van der Waals surface area contributed by atoms with Crippen LogP contribution in [0.3, 0.4) is 0 Å². The molecule has 0 aliphatic rings. The van der Waals surface area contributed by atoms with Crippen molar-refractivity contribution in [2.45, 2.75) is 32.1 Å². The van der Waals surface area contributed by atoms with Crippen molar-refractivity contribution in [2.24, 2.45) is 0 Å². The standard InChI is InChI=1S/C20H21FN2O2S2/c1-13-10-14(2)19(15(3)11-13)27(24,25)22-9-8-18-12-26-20(23-18)16-4-6-17(21)7-5-16/h4-7,10-12,22H,8-9H2,1-3H3. The highest BCUT2D eigenvalue weighted by Gasteiger charge is 2.19. The lowest BCUT2D eigenvalue weighted by molar-refractivity contribution is 0.580. The first-order valence-electron chi connectivity index (χ1n) is 8.54. The Hall–Kier alpha value is -2.09. The first-order chi connectivity index (χ1) is 12.8. The maximum absolute atomic E-state index is 13.0. The van der Waals surface area contributed by atoms with Gasteiger partial charge in [0, 0.05) is 23.9 Å². The predicted octanol–water partition coefficient (Wildman–Crippen LogP) is 4.40. The normalized spacial score (nSPS) is 11.7. The van der Waals surface area contributed by atoms with E-state index in [4.69, 9.17) is 0 Å². The van der Waals surface area contributed by atoms with Gasteiger partial charge in [0.05, 0.1) is 10.6 Å². The van der Waals surface area contributed by atoms with Gasteiger partial charge in [0.15, 0.2) is 0 Å². The van der Waals surface area contributed by atoms with E-state index in [2.05, 4.69) is 9.71 Å². The number of halogens is 1. The van der Waals surface area contributed by atoms with Gasteiger partial charge in [-0.2, -0.15) is 0 Å². The molecule has 0 amide bonds. The van der Waals surface area contributed by atoms with E-state index in [-0.39, 0.29) is 12.4 Å². The van der Waals surface area contributed by atoms with E-state index in [9.17, 15) is 12.8 Å². The van der Waals surface area contributed by atoms with Gasteiger partial charge in [0.1, 0.15) is 10.8 Å². The van der Waals surface area contributed by atoms with Gasteiger partial charge in [-0.05, 0) is 56.2 Å². The number of sulfonamides is 1. The van der Waals surface area contributed by atoms with Gasteiger partial charge in [-0.15, -0.1) is 11.3 Å². The predicted molar refractivity (Wildman–Crippen MR) is 107 cm³/mol. The second kappa shape index (κ2) is 7.88. The molecule has 0 atom stereocenters. The summed E-state index contributed by atoms with van der Waals surface area (Å²) in [5.41, 5.74) is 4.18. The fourth-order valence-corrected chi connectivity index (χ4v) is 5.46. The summed E-state index contributed by atoms with van der Waals surface area (Å²) < 4.78 is 41.0. The minimum absolute atomic E-state index is 0.266. The lowest BCUT2D eigenvalue weighted by Gasteiger charge is -2.12. The number of hydrogen-bond acceptors (Lipinski definition) is 4. The summed E-state index contributed by atoms with van der Waals surface area (Å²) in [4.78, 5) is 4.86. The van der Waals surface area contributed by atoms with E-state index >= 15 is 0 Å². The third-order valence-corrected chi connectivity index (χ3v) is 6.90. The Labute approximate surface area is 163 Å². The van der Waals surface area contributed by atoms with Crippen LogP contribution in [0.25, 0.3) is 10.6 Å². The van der Waals surface area contributed by atoms with Crippen molar-refractivity contribution in [2.75, 3.05) is 6.54 Å². The average Bonchev–Trinajstić information content (AvgIpc) is 3.03. The number of hydrogen-bond donors (Lipinski definition) is 1. The van der Waals surface area contributed by atoms with Crippen molar-refractivity contribution in [1.82, 2.24) is 9.71 Å². The monoisotopic (exact) mass is 404 g/mol. The Morgan fingerprint density at radius 3 is 2.33 bits per heavy atom. The Morgan fingerprint density at radius 1 is 1.07 bits per heavy atom. The van der Waals surface area contributed by atoms with Gasteiger partial charge < -0.3 is 0 Å². The maximum Gasteiger partial charge on any atom is 0.241 e. The Morgan fingerprint density at radius 2 is 1.70 bits per heavy atom. The second-order valence-electron chi connectivity index (χ2n) is 6.53. The summed E-state index contributed by atoms with van der Waals surface area (Å²) in [6.45, 7) is 5.83. The molecule has 0 fully saturated rings. The highest BCUT2D eigenvalue weighted by molar-refractivity contribution is 7.89. The molecule has 27 heavy (non-hydrogen) atoms. The molecule has 0 saturated heterocycles. The van der Waals surface area contributed by atoms with Crippen molar-refractivity contribution in [3.05, 3.63) is 70.0 Å². The molecule has 1 heterocycles. The molecule has 0 bridgehead atoms. The maximum atomic E-state index is 13.0. The van der Waals surface area contributed by atoms with Gasteiger partial charge in [-0.25, -0.2) is 22.5 Å². The molecule has 7 heteroatoms. The van der Waals surface area contributed by atoms with Crippen LogP contribution in [0.5, 0.6) is 0 Å². The quantitative estimate of drug-likeness (QED) is 0.663. The molecule has 3 aromatic rings. The molecule has 0 unspecified atom stereocenters. The molecule has 0 spiro atoms. The number of aryl methyl sites for hydroxylation is 3. The third kappa shape index (κ3) is 4.61. The SMILES string of the molecule is Cc1cc(C)c(S(=O)(=O)NCCc2csc(-c3ccc(F)cc3)n2)c(C)c1. The van der Waals surface area contributed by atoms with Gasteiger partial charge in [-0.1, -0.05) is 17.7 Å². The Kier molecular flexibility index (Phi) is 5.74. The largest absolute Gasteiger partial charge is 0.241 e. The highest BCUT2D eigenvalue weighted by atomic mass is 32.2. The van der Waals surface area contributed by atoms with Crippen molar-refractivity contribution >= 4 is 21.4 Å². The van der Waals surface area contributed by atoms with Crippen LogP contribution in [0.1, 0.15) is 22.4 Å². The molecular formula is C20H21FN2O2S2.